The second-order valence-corrected chi connectivity index (χ2v) is 5.79. The lowest BCUT2D eigenvalue weighted by Crippen LogP contribution is -2.33. The summed E-state index contributed by atoms with van der Waals surface area (Å²) < 4.78 is 10.9. The number of benzene rings is 1. The highest BCUT2D eigenvalue weighted by atomic mass is 32.2. The van der Waals surface area contributed by atoms with E-state index in [-0.39, 0.29) is 5.97 Å². The maximum Gasteiger partial charge on any atom is 0.347 e. The summed E-state index contributed by atoms with van der Waals surface area (Å²) in [7, 11) is 0. The molecule has 0 radical (unpaired) electrons. The standard InChI is InChI=1S/C14H20O3S/c1-10(13(15)17-14(2,3)4)16-11-8-6-7-9-12(11)18-5/h6-10H,1-5H3. The van der Waals surface area contributed by atoms with E-state index in [0.29, 0.717) is 5.75 Å². The molecule has 0 spiro atoms. The second-order valence-electron chi connectivity index (χ2n) is 4.94. The van der Waals surface area contributed by atoms with Gasteiger partial charge < -0.3 is 9.47 Å². The Labute approximate surface area is 113 Å². The summed E-state index contributed by atoms with van der Waals surface area (Å²) in [6, 6.07) is 7.64. The van der Waals surface area contributed by atoms with Crippen LogP contribution in [0.1, 0.15) is 27.7 Å². The zero-order valence-electron chi connectivity index (χ0n) is 11.5. The van der Waals surface area contributed by atoms with E-state index in [1.165, 1.54) is 0 Å². The monoisotopic (exact) mass is 268 g/mol. The van der Waals surface area contributed by atoms with Gasteiger partial charge in [-0.3, -0.25) is 0 Å². The molecule has 1 aromatic rings. The SMILES string of the molecule is CSc1ccccc1OC(C)C(=O)OC(C)(C)C. The first-order chi connectivity index (χ1) is 8.33. The van der Waals surface area contributed by atoms with Crippen molar-refractivity contribution in [2.24, 2.45) is 0 Å². The van der Waals surface area contributed by atoms with Gasteiger partial charge in [0.05, 0.1) is 0 Å². The number of rotatable bonds is 4. The van der Waals surface area contributed by atoms with Crippen molar-refractivity contribution in [1.29, 1.82) is 0 Å². The van der Waals surface area contributed by atoms with Crippen molar-refractivity contribution in [3.05, 3.63) is 24.3 Å². The van der Waals surface area contributed by atoms with E-state index in [4.69, 9.17) is 9.47 Å². The minimum absolute atomic E-state index is 0.349. The molecule has 3 nitrogen and oxygen atoms in total. The average Bonchev–Trinajstić information content (AvgIpc) is 2.27. The maximum atomic E-state index is 11.8. The molecular formula is C14H20O3S. The van der Waals surface area contributed by atoms with Gasteiger partial charge in [-0.05, 0) is 46.1 Å². The molecule has 4 heteroatoms. The van der Waals surface area contributed by atoms with Gasteiger partial charge in [-0.1, -0.05) is 12.1 Å². The van der Waals surface area contributed by atoms with Crippen LogP contribution in [0.3, 0.4) is 0 Å². The Hall–Kier alpha value is -1.16. The molecule has 1 aromatic carbocycles. The van der Waals surface area contributed by atoms with Gasteiger partial charge in [-0.2, -0.15) is 0 Å². The summed E-state index contributed by atoms with van der Waals surface area (Å²) in [4.78, 5) is 12.8. The molecule has 0 saturated heterocycles. The summed E-state index contributed by atoms with van der Waals surface area (Å²) in [5, 5.41) is 0. The Bertz CT molecular complexity index is 410. The first kappa shape index (κ1) is 14.9. The smallest absolute Gasteiger partial charge is 0.347 e. The molecule has 0 heterocycles. The van der Waals surface area contributed by atoms with E-state index in [1.54, 1.807) is 18.7 Å². The average molecular weight is 268 g/mol. The summed E-state index contributed by atoms with van der Waals surface area (Å²) in [6.45, 7) is 7.22. The molecule has 18 heavy (non-hydrogen) atoms. The van der Waals surface area contributed by atoms with Crippen molar-refractivity contribution in [2.75, 3.05) is 6.26 Å². The minimum atomic E-state index is -0.613. The first-order valence-electron chi connectivity index (χ1n) is 5.86. The first-order valence-corrected chi connectivity index (χ1v) is 7.08. The van der Waals surface area contributed by atoms with E-state index in [1.807, 2.05) is 51.3 Å². The molecule has 0 aliphatic rings. The highest BCUT2D eigenvalue weighted by Gasteiger charge is 2.23. The third-order valence-corrected chi connectivity index (χ3v) is 2.89. The summed E-state index contributed by atoms with van der Waals surface area (Å²) >= 11 is 1.59. The van der Waals surface area contributed by atoms with Crippen molar-refractivity contribution < 1.29 is 14.3 Å². The number of hydrogen-bond donors (Lipinski definition) is 0. The molecule has 0 aromatic heterocycles. The van der Waals surface area contributed by atoms with Crippen molar-refractivity contribution >= 4 is 17.7 Å². The van der Waals surface area contributed by atoms with Crippen LogP contribution in [0.5, 0.6) is 5.75 Å². The van der Waals surface area contributed by atoms with Crippen LogP contribution < -0.4 is 4.74 Å². The fourth-order valence-electron chi connectivity index (χ4n) is 1.34. The van der Waals surface area contributed by atoms with Gasteiger partial charge in [0.25, 0.3) is 0 Å². The highest BCUT2D eigenvalue weighted by Crippen LogP contribution is 2.28. The number of hydrogen-bond acceptors (Lipinski definition) is 4. The van der Waals surface area contributed by atoms with Crippen molar-refractivity contribution in [2.45, 2.75) is 44.3 Å². The molecule has 0 amide bonds. The van der Waals surface area contributed by atoms with E-state index in [2.05, 4.69) is 0 Å². The summed E-state index contributed by atoms with van der Waals surface area (Å²) in [5.41, 5.74) is -0.492. The molecule has 0 bridgehead atoms. The number of thioether (sulfide) groups is 1. The normalized spacial score (nSPS) is 12.9. The zero-order chi connectivity index (χ0) is 13.8. The predicted molar refractivity (Wildman–Crippen MR) is 74.2 cm³/mol. The van der Waals surface area contributed by atoms with E-state index in [0.717, 1.165) is 4.90 Å². The lowest BCUT2D eigenvalue weighted by Gasteiger charge is -2.23. The number of carbonyl (C=O) groups is 1. The summed E-state index contributed by atoms with van der Waals surface area (Å²) in [6.07, 6.45) is 1.36. The molecule has 0 aliphatic carbocycles. The van der Waals surface area contributed by atoms with Crippen molar-refractivity contribution in [3.63, 3.8) is 0 Å². The van der Waals surface area contributed by atoms with Gasteiger partial charge in [0.2, 0.25) is 0 Å². The minimum Gasteiger partial charge on any atom is -0.478 e. The summed E-state index contributed by atoms with van der Waals surface area (Å²) in [5.74, 6) is 0.363. The Morgan fingerprint density at radius 3 is 2.44 bits per heavy atom. The third-order valence-electron chi connectivity index (χ3n) is 2.11. The third kappa shape index (κ3) is 4.61. The van der Waals surface area contributed by atoms with Crippen LogP contribution in [-0.4, -0.2) is 23.9 Å². The van der Waals surface area contributed by atoms with Gasteiger partial charge in [0.1, 0.15) is 11.4 Å². The van der Waals surface area contributed by atoms with Crippen LogP contribution in [0.2, 0.25) is 0 Å². The number of esters is 1. The molecule has 0 fully saturated rings. The van der Waals surface area contributed by atoms with E-state index in [9.17, 15) is 4.79 Å². The van der Waals surface area contributed by atoms with Crippen LogP contribution in [0.25, 0.3) is 0 Å². The molecule has 0 saturated carbocycles. The Balaban J connectivity index is 2.69. The van der Waals surface area contributed by atoms with Gasteiger partial charge in [0, 0.05) is 4.90 Å². The number of para-hydroxylation sites is 1. The second kappa shape index (κ2) is 6.14. The van der Waals surface area contributed by atoms with Gasteiger partial charge in [-0.25, -0.2) is 4.79 Å². The fraction of sp³-hybridized carbons (Fsp3) is 0.500. The molecule has 1 atom stereocenters. The molecule has 100 valence electrons. The van der Waals surface area contributed by atoms with Crippen molar-refractivity contribution in [1.82, 2.24) is 0 Å². The topological polar surface area (TPSA) is 35.5 Å². The largest absolute Gasteiger partial charge is 0.478 e. The highest BCUT2D eigenvalue weighted by molar-refractivity contribution is 7.98. The predicted octanol–water partition coefficient (Wildman–Crippen LogP) is 3.52. The van der Waals surface area contributed by atoms with Gasteiger partial charge >= 0.3 is 5.97 Å². The maximum absolute atomic E-state index is 11.8. The molecule has 1 unspecified atom stereocenters. The number of carbonyl (C=O) groups excluding carboxylic acids is 1. The van der Waals surface area contributed by atoms with Crippen LogP contribution in [0.15, 0.2) is 29.2 Å². The fourth-order valence-corrected chi connectivity index (χ4v) is 1.87. The quantitative estimate of drug-likeness (QED) is 0.618. The van der Waals surface area contributed by atoms with Crippen molar-refractivity contribution in [3.8, 4) is 5.75 Å². The van der Waals surface area contributed by atoms with Gasteiger partial charge in [-0.15, -0.1) is 11.8 Å². The lowest BCUT2D eigenvalue weighted by molar-refractivity contribution is -0.162. The molecule has 1 rings (SSSR count). The zero-order valence-corrected chi connectivity index (χ0v) is 12.3. The lowest BCUT2D eigenvalue weighted by atomic mass is 10.2. The molecule has 0 N–H and O–H groups in total. The molecular weight excluding hydrogens is 248 g/mol. The van der Waals surface area contributed by atoms with Crippen LogP contribution in [-0.2, 0) is 9.53 Å². The Morgan fingerprint density at radius 1 is 1.28 bits per heavy atom. The van der Waals surface area contributed by atoms with E-state index < -0.39 is 11.7 Å². The Morgan fingerprint density at radius 2 is 1.89 bits per heavy atom. The Kier molecular flexibility index (Phi) is 5.08. The van der Waals surface area contributed by atoms with Crippen LogP contribution >= 0.6 is 11.8 Å². The van der Waals surface area contributed by atoms with Gasteiger partial charge in [0.15, 0.2) is 6.10 Å². The molecule has 0 aliphatic heterocycles. The van der Waals surface area contributed by atoms with Crippen LogP contribution in [0, 0.1) is 0 Å². The number of ether oxygens (including phenoxy) is 2. The van der Waals surface area contributed by atoms with E-state index >= 15 is 0 Å². The van der Waals surface area contributed by atoms with Crippen LogP contribution in [0.4, 0.5) is 0 Å².